The summed E-state index contributed by atoms with van der Waals surface area (Å²) in [5.41, 5.74) is 1.84. The minimum Gasteiger partial charge on any atom is -0.507 e. The first kappa shape index (κ1) is 19.9. The van der Waals surface area contributed by atoms with Crippen LogP contribution in [0.1, 0.15) is 17.2 Å². The molecule has 2 aromatic carbocycles. The summed E-state index contributed by atoms with van der Waals surface area (Å²) in [5.74, 6) is -1.66. The van der Waals surface area contributed by atoms with Crippen molar-refractivity contribution in [3.63, 3.8) is 0 Å². The van der Waals surface area contributed by atoms with Crippen molar-refractivity contribution >= 4 is 33.9 Å². The number of ether oxygens (including phenoxy) is 3. The number of aliphatic hydroxyl groups is 1. The number of halogens is 1. The Kier molecular flexibility index (Phi) is 4.74. The fraction of sp³-hybridized carbons (Fsp3) is 0.143. The van der Waals surface area contributed by atoms with Gasteiger partial charge in [-0.3, -0.25) is 14.5 Å². The molecule has 2 aliphatic heterocycles. The highest BCUT2D eigenvalue weighted by molar-refractivity contribution is 7.13. The highest BCUT2D eigenvalue weighted by atomic mass is 32.1. The Morgan fingerprint density at radius 3 is 2.72 bits per heavy atom. The Labute approximate surface area is 184 Å². The summed E-state index contributed by atoms with van der Waals surface area (Å²) in [6.45, 7) is -0.0126. The predicted octanol–water partition coefficient (Wildman–Crippen LogP) is 3.04. The van der Waals surface area contributed by atoms with Gasteiger partial charge in [0.2, 0.25) is 17.7 Å². The van der Waals surface area contributed by atoms with Crippen LogP contribution in [0, 0.1) is 5.82 Å². The van der Waals surface area contributed by atoms with Crippen LogP contribution in [-0.2, 0) is 9.59 Å². The number of rotatable bonds is 4. The Balaban J connectivity index is 1.74. The van der Waals surface area contributed by atoms with E-state index in [-0.39, 0.29) is 23.1 Å². The fourth-order valence-corrected chi connectivity index (χ4v) is 4.27. The number of carbonyl (C=O) groups excluding carboxylic acids is 2. The van der Waals surface area contributed by atoms with Gasteiger partial charge in [-0.25, -0.2) is 4.39 Å². The SMILES string of the molecule is COc1cc(C2/C(=C(\O)c3ccc(F)cc3)C(=O)C(=O)N2c2nncs2)cc2c1OCO2. The summed E-state index contributed by atoms with van der Waals surface area (Å²) in [7, 11) is 1.45. The molecule has 2 aliphatic rings. The maximum atomic E-state index is 13.4. The molecule has 3 aromatic rings. The molecule has 5 rings (SSSR count). The van der Waals surface area contributed by atoms with E-state index in [1.807, 2.05) is 0 Å². The minimum atomic E-state index is -1.06. The lowest BCUT2D eigenvalue weighted by atomic mass is 9.95. The Hall–Kier alpha value is -3.99. The molecular weight excluding hydrogens is 441 g/mol. The van der Waals surface area contributed by atoms with Crippen LogP contribution in [0.2, 0.25) is 0 Å². The van der Waals surface area contributed by atoms with Gasteiger partial charge >= 0.3 is 5.91 Å². The second-order valence-corrected chi connectivity index (χ2v) is 7.67. The van der Waals surface area contributed by atoms with E-state index in [1.54, 1.807) is 12.1 Å². The average Bonchev–Trinajstić information content (AvgIpc) is 3.54. The van der Waals surface area contributed by atoms with Crippen LogP contribution in [0.15, 0.2) is 47.5 Å². The molecule has 0 aliphatic carbocycles. The smallest absolute Gasteiger partial charge is 0.301 e. The number of anilines is 1. The molecule has 9 nitrogen and oxygen atoms in total. The first-order valence-electron chi connectivity index (χ1n) is 9.30. The molecule has 1 aromatic heterocycles. The fourth-order valence-electron chi connectivity index (χ4n) is 3.69. The van der Waals surface area contributed by atoms with Crippen molar-refractivity contribution in [3.05, 3.63) is 64.4 Å². The summed E-state index contributed by atoms with van der Waals surface area (Å²) in [5, 5.41) is 18.9. The number of carbonyl (C=O) groups is 2. The lowest BCUT2D eigenvalue weighted by molar-refractivity contribution is -0.132. The van der Waals surface area contributed by atoms with Gasteiger partial charge in [-0.15, -0.1) is 10.2 Å². The number of nitrogens with zero attached hydrogens (tertiary/aromatic N) is 3. The first-order valence-corrected chi connectivity index (χ1v) is 10.2. The van der Waals surface area contributed by atoms with Crippen molar-refractivity contribution in [2.24, 2.45) is 0 Å². The lowest BCUT2D eigenvalue weighted by Crippen LogP contribution is -2.29. The number of methoxy groups -OCH3 is 1. The van der Waals surface area contributed by atoms with Gasteiger partial charge in [0.25, 0.3) is 5.78 Å². The normalized spacial score (nSPS) is 18.9. The summed E-state index contributed by atoms with van der Waals surface area (Å²) in [6, 6.07) is 7.07. The van der Waals surface area contributed by atoms with Gasteiger partial charge in [-0.1, -0.05) is 11.3 Å². The van der Waals surface area contributed by atoms with Crippen molar-refractivity contribution in [1.82, 2.24) is 10.2 Å². The first-order chi connectivity index (χ1) is 15.5. The van der Waals surface area contributed by atoms with Crippen molar-refractivity contribution in [2.75, 3.05) is 18.8 Å². The zero-order valence-corrected chi connectivity index (χ0v) is 17.3. The molecule has 1 unspecified atom stereocenters. The number of fused-ring (bicyclic) bond motifs is 1. The third-order valence-corrected chi connectivity index (χ3v) is 5.80. The van der Waals surface area contributed by atoms with Crippen molar-refractivity contribution < 1.29 is 33.3 Å². The number of amides is 1. The lowest BCUT2D eigenvalue weighted by Gasteiger charge is -2.23. The van der Waals surface area contributed by atoms with E-state index in [4.69, 9.17) is 14.2 Å². The average molecular weight is 455 g/mol. The molecule has 0 saturated carbocycles. The molecule has 0 spiro atoms. The summed E-state index contributed by atoms with van der Waals surface area (Å²) < 4.78 is 29.7. The number of aliphatic hydroxyl groups excluding tert-OH is 1. The van der Waals surface area contributed by atoms with E-state index in [0.717, 1.165) is 28.4 Å². The van der Waals surface area contributed by atoms with Crippen molar-refractivity contribution in [2.45, 2.75) is 6.04 Å². The van der Waals surface area contributed by atoms with Gasteiger partial charge in [0.1, 0.15) is 17.1 Å². The van der Waals surface area contributed by atoms with Crippen LogP contribution in [-0.4, -0.2) is 40.9 Å². The predicted molar refractivity (Wildman–Crippen MR) is 110 cm³/mol. The second kappa shape index (κ2) is 7.61. The van der Waals surface area contributed by atoms with Crippen molar-refractivity contribution in [3.8, 4) is 17.2 Å². The van der Waals surface area contributed by atoms with E-state index < -0.39 is 29.3 Å². The van der Waals surface area contributed by atoms with E-state index in [1.165, 1.54) is 24.8 Å². The summed E-state index contributed by atoms with van der Waals surface area (Å²) in [6.07, 6.45) is 0. The largest absolute Gasteiger partial charge is 0.507 e. The molecule has 162 valence electrons. The third-order valence-electron chi connectivity index (χ3n) is 5.11. The molecule has 0 bridgehead atoms. The van der Waals surface area contributed by atoms with Crippen molar-refractivity contribution in [1.29, 1.82) is 0 Å². The van der Waals surface area contributed by atoms with Crippen LogP contribution in [0.3, 0.4) is 0 Å². The molecule has 0 radical (unpaired) electrons. The standard InChI is InChI=1S/C21H14FN3O6S/c1-29-13-6-11(7-14-19(13)31-9-30-14)16-15(17(26)10-2-4-12(22)5-3-10)18(27)20(28)25(16)21-24-23-8-32-21/h2-8,16,26H,9H2,1H3/b17-15+. The highest BCUT2D eigenvalue weighted by Crippen LogP contribution is 2.48. The quantitative estimate of drug-likeness (QED) is 0.363. The number of aromatic nitrogens is 2. The topological polar surface area (TPSA) is 111 Å². The Morgan fingerprint density at radius 2 is 2.03 bits per heavy atom. The second-order valence-electron chi connectivity index (χ2n) is 6.85. The number of Topliss-reactive ketones (excluding diaryl/α,β-unsaturated/α-hetero) is 1. The molecule has 1 N–H and O–H groups in total. The van der Waals surface area contributed by atoms with Gasteiger partial charge in [0, 0.05) is 5.56 Å². The van der Waals surface area contributed by atoms with E-state index >= 15 is 0 Å². The Morgan fingerprint density at radius 1 is 1.25 bits per heavy atom. The minimum absolute atomic E-state index is 0.0126. The molecule has 1 atom stereocenters. The molecular formula is C21H14FN3O6S. The number of hydrogen-bond donors (Lipinski definition) is 1. The molecule has 1 fully saturated rings. The van der Waals surface area contributed by atoms with Gasteiger partial charge in [0.05, 0.1) is 18.7 Å². The number of benzene rings is 2. The van der Waals surface area contributed by atoms with Crippen LogP contribution in [0.5, 0.6) is 17.2 Å². The zero-order valence-electron chi connectivity index (χ0n) is 16.4. The van der Waals surface area contributed by atoms with E-state index in [9.17, 15) is 19.1 Å². The van der Waals surface area contributed by atoms with Crippen LogP contribution in [0.4, 0.5) is 9.52 Å². The van der Waals surface area contributed by atoms with Gasteiger partial charge < -0.3 is 19.3 Å². The van der Waals surface area contributed by atoms with E-state index in [2.05, 4.69) is 10.2 Å². The zero-order chi connectivity index (χ0) is 22.4. The molecule has 32 heavy (non-hydrogen) atoms. The van der Waals surface area contributed by atoms with Gasteiger partial charge in [0.15, 0.2) is 11.5 Å². The summed E-state index contributed by atoms with van der Waals surface area (Å²) in [4.78, 5) is 27.2. The van der Waals surface area contributed by atoms with Gasteiger partial charge in [-0.05, 0) is 42.0 Å². The molecule has 3 heterocycles. The van der Waals surface area contributed by atoms with Crippen LogP contribution >= 0.6 is 11.3 Å². The number of ketones is 1. The van der Waals surface area contributed by atoms with Crippen LogP contribution < -0.4 is 19.1 Å². The Bertz CT molecular complexity index is 1260. The molecule has 11 heteroatoms. The highest BCUT2D eigenvalue weighted by Gasteiger charge is 2.48. The van der Waals surface area contributed by atoms with E-state index in [0.29, 0.717) is 22.8 Å². The maximum Gasteiger partial charge on any atom is 0.301 e. The third kappa shape index (κ3) is 3.05. The monoisotopic (exact) mass is 455 g/mol. The maximum absolute atomic E-state index is 13.4. The van der Waals surface area contributed by atoms with Crippen LogP contribution in [0.25, 0.3) is 5.76 Å². The molecule has 1 amide bonds. The molecule has 1 saturated heterocycles. The summed E-state index contributed by atoms with van der Waals surface area (Å²) >= 11 is 1.06. The number of hydrogen-bond acceptors (Lipinski definition) is 9. The van der Waals surface area contributed by atoms with Gasteiger partial charge in [-0.2, -0.15) is 0 Å².